The van der Waals surface area contributed by atoms with Crippen molar-refractivity contribution in [2.24, 2.45) is 0 Å². The van der Waals surface area contributed by atoms with Crippen LogP contribution in [0, 0.1) is 0 Å². The highest BCUT2D eigenvalue weighted by Gasteiger charge is 2.15. The van der Waals surface area contributed by atoms with E-state index in [2.05, 4.69) is 20.6 Å². The molecule has 0 aliphatic carbocycles. The number of carbonyl (C=O) groups is 2. The fourth-order valence-corrected chi connectivity index (χ4v) is 3.88. The Morgan fingerprint density at radius 1 is 1.00 bits per heavy atom. The monoisotopic (exact) mass is 431 g/mol. The highest BCUT2D eigenvalue weighted by Crippen LogP contribution is 2.26. The smallest absolute Gasteiger partial charge is 0.237 e. The van der Waals surface area contributed by atoms with Crippen LogP contribution in [0.1, 0.15) is 13.8 Å². The molecule has 2 amide bonds. The largest absolute Gasteiger partial charge is 0.326 e. The second-order valence-corrected chi connectivity index (χ2v) is 8.40. The molecular formula is C23H21N5O2S. The Kier molecular flexibility index (Phi) is 5.99. The van der Waals surface area contributed by atoms with E-state index in [0.29, 0.717) is 5.78 Å². The van der Waals surface area contributed by atoms with Crippen LogP contribution in [0.15, 0.2) is 78.1 Å². The lowest BCUT2D eigenvalue weighted by molar-refractivity contribution is -0.115. The summed E-state index contributed by atoms with van der Waals surface area (Å²) in [5, 5.41) is 5.40. The molecule has 0 bridgehead atoms. The summed E-state index contributed by atoms with van der Waals surface area (Å²) in [6.45, 7) is 3.33. The molecule has 8 heteroatoms. The molecule has 0 saturated carbocycles. The van der Waals surface area contributed by atoms with Crippen molar-refractivity contribution in [3.8, 4) is 11.3 Å². The van der Waals surface area contributed by atoms with Gasteiger partial charge in [-0.2, -0.15) is 0 Å². The Hall–Kier alpha value is -3.65. The molecule has 4 rings (SSSR count). The standard InChI is InChI=1S/C23H21N5O2S/c1-15(31-20-10-8-18(9-11-20)25-16(2)29)22(30)26-19-6-4-17(5-7-19)21-14-28-13-3-12-24-23(28)27-21/h3-15H,1-2H3,(H,25,29)(H,26,30). The van der Waals surface area contributed by atoms with Gasteiger partial charge in [0.2, 0.25) is 17.6 Å². The normalized spacial score (nSPS) is 11.8. The van der Waals surface area contributed by atoms with Crippen LogP contribution in [0.5, 0.6) is 0 Å². The zero-order chi connectivity index (χ0) is 21.8. The Labute approximate surface area is 183 Å². The molecule has 4 aromatic rings. The van der Waals surface area contributed by atoms with E-state index in [4.69, 9.17) is 0 Å². The molecule has 0 aliphatic heterocycles. The third-order valence-electron chi connectivity index (χ3n) is 4.54. The lowest BCUT2D eigenvalue weighted by Crippen LogP contribution is -2.22. The third-order valence-corrected chi connectivity index (χ3v) is 5.65. The molecule has 0 saturated heterocycles. The molecule has 0 spiro atoms. The Balaban J connectivity index is 1.37. The number of carbonyl (C=O) groups excluding carboxylic acids is 2. The van der Waals surface area contributed by atoms with Crippen molar-refractivity contribution < 1.29 is 9.59 Å². The summed E-state index contributed by atoms with van der Waals surface area (Å²) in [5.41, 5.74) is 3.23. The zero-order valence-electron chi connectivity index (χ0n) is 17.1. The fraction of sp³-hybridized carbons (Fsp3) is 0.130. The van der Waals surface area contributed by atoms with Crippen LogP contribution >= 0.6 is 11.8 Å². The van der Waals surface area contributed by atoms with Gasteiger partial charge in [0.15, 0.2) is 0 Å². The van der Waals surface area contributed by atoms with Gasteiger partial charge in [-0.1, -0.05) is 12.1 Å². The van der Waals surface area contributed by atoms with Crippen molar-refractivity contribution >= 4 is 40.7 Å². The van der Waals surface area contributed by atoms with Gasteiger partial charge in [-0.15, -0.1) is 11.8 Å². The Morgan fingerprint density at radius 2 is 1.68 bits per heavy atom. The molecule has 2 aromatic carbocycles. The molecule has 0 aliphatic rings. The number of nitrogens with one attached hydrogen (secondary N) is 2. The van der Waals surface area contributed by atoms with Crippen LogP contribution < -0.4 is 10.6 Å². The molecule has 156 valence electrons. The minimum absolute atomic E-state index is 0.0828. The minimum Gasteiger partial charge on any atom is -0.326 e. The van der Waals surface area contributed by atoms with Crippen molar-refractivity contribution in [1.82, 2.24) is 14.4 Å². The van der Waals surface area contributed by atoms with Gasteiger partial charge >= 0.3 is 0 Å². The van der Waals surface area contributed by atoms with Gasteiger partial charge in [-0.25, -0.2) is 9.97 Å². The van der Waals surface area contributed by atoms with Crippen LogP contribution in [0.25, 0.3) is 17.0 Å². The van der Waals surface area contributed by atoms with E-state index >= 15 is 0 Å². The second kappa shape index (κ2) is 9.01. The maximum Gasteiger partial charge on any atom is 0.237 e. The van der Waals surface area contributed by atoms with E-state index in [1.54, 1.807) is 6.20 Å². The quantitative estimate of drug-likeness (QED) is 0.440. The molecule has 7 nitrogen and oxygen atoms in total. The lowest BCUT2D eigenvalue weighted by atomic mass is 10.1. The van der Waals surface area contributed by atoms with Crippen LogP contribution in [-0.2, 0) is 9.59 Å². The molecule has 2 aromatic heterocycles. The first-order chi connectivity index (χ1) is 15.0. The van der Waals surface area contributed by atoms with Crippen molar-refractivity contribution in [2.75, 3.05) is 10.6 Å². The van der Waals surface area contributed by atoms with Crippen molar-refractivity contribution in [3.63, 3.8) is 0 Å². The predicted octanol–water partition coefficient (Wildman–Crippen LogP) is 4.47. The highest BCUT2D eigenvalue weighted by atomic mass is 32.2. The topological polar surface area (TPSA) is 88.4 Å². The van der Waals surface area contributed by atoms with E-state index in [0.717, 1.165) is 27.5 Å². The number of hydrogen-bond donors (Lipinski definition) is 2. The molecule has 1 atom stereocenters. The summed E-state index contributed by atoms with van der Waals surface area (Å²) in [6, 6.07) is 16.9. The maximum absolute atomic E-state index is 12.6. The van der Waals surface area contributed by atoms with Gasteiger partial charge in [0.05, 0.1) is 10.9 Å². The highest BCUT2D eigenvalue weighted by molar-refractivity contribution is 8.00. The second-order valence-electron chi connectivity index (χ2n) is 6.99. The molecule has 31 heavy (non-hydrogen) atoms. The van der Waals surface area contributed by atoms with Crippen LogP contribution in [0.4, 0.5) is 11.4 Å². The number of anilines is 2. The van der Waals surface area contributed by atoms with Gasteiger partial charge in [0, 0.05) is 47.3 Å². The van der Waals surface area contributed by atoms with Gasteiger partial charge in [0.1, 0.15) is 0 Å². The number of benzene rings is 2. The molecule has 1 unspecified atom stereocenters. The van der Waals surface area contributed by atoms with Crippen LogP contribution in [0.3, 0.4) is 0 Å². The van der Waals surface area contributed by atoms with Gasteiger partial charge in [-0.05, 0) is 49.4 Å². The van der Waals surface area contributed by atoms with E-state index < -0.39 is 0 Å². The predicted molar refractivity (Wildman–Crippen MR) is 123 cm³/mol. The zero-order valence-corrected chi connectivity index (χ0v) is 17.9. The first-order valence-electron chi connectivity index (χ1n) is 9.73. The third kappa shape index (κ3) is 5.10. The van der Waals surface area contributed by atoms with E-state index in [-0.39, 0.29) is 17.1 Å². The summed E-state index contributed by atoms with van der Waals surface area (Å²) in [5.74, 6) is 0.448. The van der Waals surface area contributed by atoms with Crippen molar-refractivity contribution in [1.29, 1.82) is 0 Å². The first kappa shape index (κ1) is 20.6. The summed E-state index contributed by atoms with van der Waals surface area (Å²) in [7, 11) is 0. The van der Waals surface area contributed by atoms with Gasteiger partial charge in [-0.3, -0.25) is 14.0 Å². The lowest BCUT2D eigenvalue weighted by Gasteiger charge is -2.13. The molecule has 2 heterocycles. The number of thioether (sulfide) groups is 1. The van der Waals surface area contributed by atoms with Crippen molar-refractivity contribution in [3.05, 3.63) is 73.2 Å². The average Bonchev–Trinajstić information content (AvgIpc) is 3.19. The minimum atomic E-state index is -0.282. The molecule has 2 N–H and O–H groups in total. The summed E-state index contributed by atoms with van der Waals surface area (Å²) < 4.78 is 1.87. The number of amides is 2. The number of imidazole rings is 1. The Bertz CT molecular complexity index is 1190. The average molecular weight is 432 g/mol. The molecule has 0 fully saturated rings. The molecule has 0 radical (unpaired) electrons. The summed E-state index contributed by atoms with van der Waals surface area (Å²) in [4.78, 5) is 33.4. The van der Waals surface area contributed by atoms with Crippen LogP contribution in [0.2, 0.25) is 0 Å². The van der Waals surface area contributed by atoms with Crippen molar-refractivity contribution in [2.45, 2.75) is 24.0 Å². The van der Waals surface area contributed by atoms with E-state index in [1.165, 1.54) is 18.7 Å². The first-order valence-corrected chi connectivity index (χ1v) is 10.6. The molecular weight excluding hydrogens is 410 g/mol. The maximum atomic E-state index is 12.6. The van der Waals surface area contributed by atoms with Gasteiger partial charge in [0.25, 0.3) is 0 Å². The SMILES string of the molecule is CC(=O)Nc1ccc(SC(C)C(=O)Nc2ccc(-c3cn4cccnc4n3)cc2)cc1. The summed E-state index contributed by atoms with van der Waals surface area (Å²) >= 11 is 1.46. The van der Waals surface area contributed by atoms with E-state index in [9.17, 15) is 9.59 Å². The van der Waals surface area contributed by atoms with E-state index in [1.807, 2.05) is 78.3 Å². The number of aromatic nitrogens is 3. The number of nitrogens with zero attached hydrogens (tertiary/aromatic N) is 3. The van der Waals surface area contributed by atoms with Crippen LogP contribution in [-0.4, -0.2) is 31.4 Å². The fourth-order valence-electron chi connectivity index (χ4n) is 3.02. The number of fused-ring (bicyclic) bond motifs is 1. The van der Waals surface area contributed by atoms with Gasteiger partial charge < -0.3 is 10.6 Å². The number of hydrogen-bond acceptors (Lipinski definition) is 5. The Morgan fingerprint density at radius 3 is 2.35 bits per heavy atom. The number of rotatable bonds is 6. The summed E-state index contributed by atoms with van der Waals surface area (Å²) in [6.07, 6.45) is 5.53.